The summed E-state index contributed by atoms with van der Waals surface area (Å²) >= 11 is 0. The van der Waals surface area contributed by atoms with E-state index >= 15 is 0 Å². The normalized spacial score (nSPS) is 12.2. The van der Waals surface area contributed by atoms with Crippen LogP contribution >= 0.6 is 0 Å². The zero-order valence-electron chi connectivity index (χ0n) is 75.0. The lowest BCUT2D eigenvalue weighted by atomic mass is 9.88. The first kappa shape index (κ1) is 102. The third-order valence-corrected chi connectivity index (χ3v) is 21.9. The third kappa shape index (κ3) is 50.3. The highest BCUT2D eigenvalue weighted by Gasteiger charge is 2.23. The summed E-state index contributed by atoms with van der Waals surface area (Å²) in [4.78, 5) is 42.1. The number of aromatic hydroxyl groups is 3. The zero-order chi connectivity index (χ0) is 83.1. The van der Waals surface area contributed by atoms with Crippen LogP contribution in [0.5, 0.6) is 17.2 Å². The van der Waals surface area contributed by atoms with Gasteiger partial charge in [0, 0.05) is 5.56 Å². The monoisotopic (exact) mass is 1530 g/mol. The van der Waals surface area contributed by atoms with Crippen molar-refractivity contribution in [3.05, 3.63) is 122 Å². The lowest BCUT2D eigenvalue weighted by Crippen LogP contribution is -2.23. The fourth-order valence-electron chi connectivity index (χ4n) is 14.5. The van der Waals surface area contributed by atoms with E-state index in [1.807, 2.05) is 67.5 Å². The van der Waals surface area contributed by atoms with Crippen molar-refractivity contribution in [3.8, 4) is 17.2 Å². The van der Waals surface area contributed by atoms with Crippen molar-refractivity contribution in [2.45, 2.75) is 438 Å². The molecule has 0 aliphatic heterocycles. The molecule has 0 atom stereocenters. The highest BCUT2D eigenvalue weighted by Crippen LogP contribution is 2.36. The van der Waals surface area contributed by atoms with Crippen LogP contribution in [0.25, 0.3) is 0 Å². The first-order valence-corrected chi connectivity index (χ1v) is 43.3. The Labute approximate surface area is 674 Å². The van der Waals surface area contributed by atoms with Crippen molar-refractivity contribution < 1.29 is 53.4 Å². The van der Waals surface area contributed by atoms with Crippen LogP contribution in [0.1, 0.15) is 405 Å². The molecule has 0 saturated carbocycles. The van der Waals surface area contributed by atoms with Crippen molar-refractivity contribution in [2.75, 3.05) is 0 Å². The number of phenolic OH excluding ortho intramolecular Hbond substituents is 3. The van der Waals surface area contributed by atoms with Gasteiger partial charge in [0.25, 0.3) is 25.9 Å². The second-order valence-electron chi connectivity index (χ2n) is 39.5. The van der Waals surface area contributed by atoms with Gasteiger partial charge in [-0.1, -0.05) is 215 Å². The Morgan fingerprint density at radius 3 is 0.800 bits per heavy atom. The molecule has 0 unspecified atom stereocenters. The van der Waals surface area contributed by atoms with Gasteiger partial charge in [-0.05, 0) is 339 Å². The second-order valence-corrected chi connectivity index (χ2v) is 39.5. The van der Waals surface area contributed by atoms with E-state index in [9.17, 15) is 34.5 Å². The van der Waals surface area contributed by atoms with Gasteiger partial charge in [0.2, 0.25) is 0 Å². The predicted octanol–water partition coefficient (Wildman–Crippen LogP) is 27.6. The fraction of sp³-hybridized carbons (Fsp3) is 0.717. The summed E-state index contributed by atoms with van der Waals surface area (Å²) in [6.07, 6.45) is 44.9. The number of unbranched alkanes of at least 4 members (excludes halogenated alkanes) is 16. The van der Waals surface area contributed by atoms with E-state index < -0.39 is 11.2 Å². The minimum Gasteiger partial charge on any atom is -0.508 e. The maximum Gasteiger partial charge on any atom is 0.293 e. The summed E-state index contributed by atoms with van der Waals surface area (Å²) in [6.45, 7) is 52.3. The van der Waals surface area contributed by atoms with Crippen molar-refractivity contribution in [2.24, 2.45) is 21.7 Å². The van der Waals surface area contributed by atoms with E-state index in [0.29, 0.717) is 65.3 Å². The van der Waals surface area contributed by atoms with Crippen LogP contribution in [0, 0.1) is 42.4 Å². The first-order chi connectivity index (χ1) is 51.4. The third-order valence-electron chi connectivity index (χ3n) is 21.9. The topological polar surface area (TPSA) is 166 Å². The molecule has 0 aromatic heterocycles. The molecule has 0 aliphatic rings. The Bertz CT molecular complexity index is 2930. The molecule has 4 aromatic rings. The SMILES string of the molecule is CC(C)(C)CCCCCCc1ccc(O)c(CCCCC(C)(C)OC=O)c1O.CC(C)(C)CCCCCCc1cccc(CCCCC(C)(C)OC=O)c1O.Cc1c(CCCCCCC(C)(C)C)cccc1CCCCC(C)(C)OC=O.Cc1ccc(CCCCCCC(C)(C)C)c(C)c1CCCCC(C)(C)OC=O. The molecule has 0 heterocycles. The Hall–Kier alpha value is -5.84. The van der Waals surface area contributed by atoms with E-state index in [0.717, 1.165) is 145 Å². The van der Waals surface area contributed by atoms with Gasteiger partial charge in [0.05, 0.1) is 0 Å². The van der Waals surface area contributed by atoms with E-state index in [4.69, 9.17) is 18.9 Å². The Morgan fingerprint density at radius 2 is 0.491 bits per heavy atom. The molecule has 0 fully saturated rings. The molecule has 0 aliphatic carbocycles. The summed E-state index contributed by atoms with van der Waals surface area (Å²) in [6, 6.07) is 21.1. The largest absolute Gasteiger partial charge is 0.508 e. The smallest absolute Gasteiger partial charge is 0.293 e. The number of phenols is 3. The highest BCUT2D eigenvalue weighted by atomic mass is 16.5. The minimum atomic E-state index is -0.472. The van der Waals surface area contributed by atoms with E-state index in [1.54, 1.807) is 6.07 Å². The quantitative estimate of drug-likeness (QED) is 0.0219. The number of benzene rings is 4. The number of rotatable bonds is 52. The second kappa shape index (κ2) is 53.3. The minimum absolute atomic E-state index is 0.162. The van der Waals surface area contributed by atoms with Crippen LogP contribution in [-0.2, 0) is 89.5 Å². The number of ether oxygens (including phenoxy) is 4. The van der Waals surface area contributed by atoms with E-state index in [-0.39, 0.29) is 22.7 Å². The van der Waals surface area contributed by atoms with Gasteiger partial charge >= 0.3 is 0 Å². The van der Waals surface area contributed by atoms with Gasteiger partial charge in [0.15, 0.2) is 0 Å². The molecule has 0 saturated heterocycles. The molecule has 3 N–H and O–H groups in total. The van der Waals surface area contributed by atoms with Crippen LogP contribution in [0.15, 0.2) is 60.7 Å². The van der Waals surface area contributed by atoms with Gasteiger partial charge in [-0.25, -0.2) is 0 Å². The molecule has 0 spiro atoms. The zero-order valence-corrected chi connectivity index (χ0v) is 75.0. The fourth-order valence-corrected chi connectivity index (χ4v) is 14.5. The van der Waals surface area contributed by atoms with Gasteiger partial charge in [-0.2, -0.15) is 0 Å². The van der Waals surface area contributed by atoms with Gasteiger partial charge in [0.1, 0.15) is 39.7 Å². The predicted molar refractivity (Wildman–Crippen MR) is 465 cm³/mol. The molecule has 0 radical (unpaired) electrons. The van der Waals surface area contributed by atoms with Crippen molar-refractivity contribution >= 4 is 25.9 Å². The number of hydrogen-bond donors (Lipinski definition) is 3. The van der Waals surface area contributed by atoms with Gasteiger partial charge < -0.3 is 34.3 Å². The van der Waals surface area contributed by atoms with Crippen LogP contribution in [0.2, 0.25) is 0 Å². The summed E-state index contributed by atoms with van der Waals surface area (Å²) in [7, 11) is 0. The number of para-hydroxylation sites is 1. The summed E-state index contributed by atoms with van der Waals surface area (Å²) in [5.74, 6) is 0.892. The number of hydrogen-bond acceptors (Lipinski definition) is 11. The Kier molecular flexibility index (Phi) is 49.5. The van der Waals surface area contributed by atoms with Crippen LogP contribution in [0.3, 0.4) is 0 Å². The standard InChI is InChI=1S/C26H44O2.C25H42O2.C24H40O4.C24H40O3/c1-21-16-17-23(14-10-8-9-12-18-25(3,4)5)22(2)24(21)15-11-13-19-26(6,7)28-20-27;1-21-22(14-9-7-8-11-18-24(2,3)4)16-13-17-23(21)15-10-12-19-25(5,6)27-20-26;1-23(2,3)16-10-7-6-8-12-19-14-15-21(26)20(22(19)27)13-9-11-17-24(4,5)28-18-25;1-23(2,3)17-10-7-6-8-13-20-15-12-16-21(22(20)26)14-9-11-18-24(4,5)27-19-25/h16-17,20H,8-15,18-19H2,1-7H3;13,16-17,20H,7-12,14-15,18-19H2,1-6H3;14-15,18,26-27H,6-13,16-17H2,1-5H3;12,15-16,19,26H,6-11,13-14,17-18H2,1-5H3. The average molecular weight is 1530 g/mol. The van der Waals surface area contributed by atoms with Crippen molar-refractivity contribution in [3.63, 3.8) is 0 Å². The molecule has 4 aromatic carbocycles. The molecule has 11 nitrogen and oxygen atoms in total. The van der Waals surface area contributed by atoms with Crippen molar-refractivity contribution in [1.29, 1.82) is 0 Å². The molecule has 110 heavy (non-hydrogen) atoms. The number of carbonyl (C=O) groups is 4. The van der Waals surface area contributed by atoms with Crippen molar-refractivity contribution in [1.82, 2.24) is 0 Å². The average Bonchev–Trinajstić information content (AvgIpc) is 1.02. The molecule has 11 heteroatoms. The van der Waals surface area contributed by atoms with Crippen LogP contribution < -0.4 is 0 Å². The molecule has 0 amide bonds. The van der Waals surface area contributed by atoms with E-state index in [1.165, 1.54) is 161 Å². The number of carbonyl (C=O) groups excluding carboxylic acids is 4. The maximum absolute atomic E-state index is 10.6. The van der Waals surface area contributed by atoms with Gasteiger partial charge in [-0.3, -0.25) is 19.2 Å². The molecular formula is C99H166O11. The molecule has 628 valence electrons. The lowest BCUT2D eigenvalue weighted by molar-refractivity contribution is -0.141. The number of aryl methyl sites for hydroxylation is 7. The maximum atomic E-state index is 10.6. The van der Waals surface area contributed by atoms with Gasteiger partial charge in [-0.15, -0.1) is 0 Å². The summed E-state index contributed by atoms with van der Waals surface area (Å²) in [5, 5.41) is 31.3. The Morgan fingerprint density at radius 1 is 0.255 bits per heavy atom. The molecular weight excluding hydrogens is 1370 g/mol. The summed E-state index contributed by atoms with van der Waals surface area (Å²) in [5.41, 5.74) is 14.3. The lowest BCUT2D eigenvalue weighted by Gasteiger charge is -2.22. The highest BCUT2D eigenvalue weighted by molar-refractivity contribution is 5.49. The first-order valence-electron chi connectivity index (χ1n) is 43.3. The Balaban J connectivity index is 0.000000733. The molecule has 4 rings (SSSR count). The van der Waals surface area contributed by atoms with Crippen LogP contribution in [-0.4, -0.2) is 63.6 Å². The van der Waals surface area contributed by atoms with E-state index in [2.05, 4.69) is 146 Å². The molecule has 0 bridgehead atoms. The summed E-state index contributed by atoms with van der Waals surface area (Å²) < 4.78 is 20.4. The van der Waals surface area contributed by atoms with Crippen LogP contribution in [0.4, 0.5) is 0 Å².